The van der Waals surface area contributed by atoms with Crippen molar-refractivity contribution in [2.24, 2.45) is 0 Å². The molecule has 0 saturated carbocycles. The molecule has 1 aliphatic rings. The summed E-state index contributed by atoms with van der Waals surface area (Å²) in [4.78, 5) is 12.9. The van der Waals surface area contributed by atoms with Crippen molar-refractivity contribution in [1.29, 1.82) is 0 Å². The highest BCUT2D eigenvalue weighted by Gasteiger charge is 2.47. The van der Waals surface area contributed by atoms with Crippen molar-refractivity contribution in [1.82, 2.24) is 4.57 Å². The molecule has 1 aliphatic heterocycles. The quantitative estimate of drug-likeness (QED) is 0.292. The van der Waals surface area contributed by atoms with Gasteiger partial charge in [-0.05, 0) is 59.7 Å². The predicted molar refractivity (Wildman–Crippen MR) is 136 cm³/mol. The first-order chi connectivity index (χ1) is 16.7. The number of pyridine rings is 1. The molecule has 1 aromatic heterocycles. The first-order valence-corrected chi connectivity index (χ1v) is 13.0. The van der Waals surface area contributed by atoms with Gasteiger partial charge in [-0.15, -0.1) is 0 Å². The molecule has 4 aromatic rings. The molecule has 0 unspecified atom stereocenters. The third-order valence-corrected chi connectivity index (χ3v) is 8.47. The molecule has 0 N–H and O–H groups in total. The van der Waals surface area contributed by atoms with Crippen LogP contribution in [-0.4, -0.2) is 13.0 Å². The van der Waals surface area contributed by atoms with Crippen LogP contribution in [0.1, 0.15) is 23.2 Å². The summed E-state index contributed by atoms with van der Waals surface area (Å²) >= 11 is 18.1. The van der Waals surface area contributed by atoms with Crippen LogP contribution in [0.15, 0.2) is 94.6 Å². The molecule has 0 spiro atoms. The van der Waals surface area contributed by atoms with Crippen LogP contribution in [0.4, 0.5) is 10.2 Å². The Morgan fingerprint density at radius 2 is 1.31 bits per heavy atom. The van der Waals surface area contributed by atoms with Crippen LogP contribution in [0.3, 0.4) is 0 Å². The lowest BCUT2D eigenvalue weighted by Gasteiger charge is -2.29. The van der Waals surface area contributed by atoms with Crippen LogP contribution >= 0.6 is 34.8 Å². The molecular formula is C25H16Cl3FN2O3S. The second kappa shape index (κ2) is 8.99. The second-order valence-electron chi connectivity index (χ2n) is 7.96. The Balaban J connectivity index is 1.81. The zero-order chi connectivity index (χ0) is 24.9. The Labute approximate surface area is 216 Å². The normalized spacial score (nSPS) is 17.4. The van der Waals surface area contributed by atoms with Gasteiger partial charge in [-0.1, -0.05) is 65.1 Å². The van der Waals surface area contributed by atoms with Crippen molar-refractivity contribution in [3.8, 4) is 0 Å². The fourth-order valence-electron chi connectivity index (χ4n) is 4.35. The smallest absolute Gasteiger partial charge is 0.266 e. The molecule has 0 saturated heterocycles. The van der Waals surface area contributed by atoms with E-state index in [2.05, 4.69) is 0 Å². The van der Waals surface area contributed by atoms with Gasteiger partial charge in [0.2, 0.25) is 0 Å². The lowest BCUT2D eigenvalue weighted by atomic mass is 9.94. The fourth-order valence-corrected chi connectivity index (χ4v) is 6.52. The molecule has 0 radical (unpaired) electrons. The Bertz CT molecular complexity index is 1590. The summed E-state index contributed by atoms with van der Waals surface area (Å²) in [7, 11) is -4.30. The Kier molecular flexibility index (Phi) is 6.13. The number of hydrogen-bond donors (Lipinski definition) is 0. The summed E-state index contributed by atoms with van der Waals surface area (Å²) in [5, 5.41) is 0.651. The van der Waals surface area contributed by atoms with Crippen molar-refractivity contribution >= 4 is 50.6 Å². The van der Waals surface area contributed by atoms with Gasteiger partial charge in [0, 0.05) is 16.1 Å². The number of halogens is 4. The first kappa shape index (κ1) is 23.9. The SMILES string of the molecule is O=c1cccc2n1[C@H](c1ccc(Cl)cc1)[C@H](c1ccc(Cl)cc1)N2S(=O)(=O)c1ccc(F)c(Cl)c1. The lowest BCUT2D eigenvalue weighted by molar-refractivity contribution is 0.529. The summed E-state index contributed by atoms with van der Waals surface area (Å²) in [6.07, 6.45) is 0. The molecule has 35 heavy (non-hydrogen) atoms. The topological polar surface area (TPSA) is 59.4 Å². The highest BCUT2D eigenvalue weighted by Crippen LogP contribution is 2.49. The minimum Gasteiger partial charge on any atom is -0.284 e. The van der Waals surface area contributed by atoms with Gasteiger partial charge < -0.3 is 0 Å². The van der Waals surface area contributed by atoms with E-state index >= 15 is 0 Å². The highest BCUT2D eigenvalue weighted by atomic mass is 35.5. The van der Waals surface area contributed by atoms with E-state index in [4.69, 9.17) is 34.8 Å². The Morgan fingerprint density at radius 1 is 0.743 bits per heavy atom. The zero-order valence-electron chi connectivity index (χ0n) is 17.8. The Hall–Kier alpha value is -2.84. The third-order valence-electron chi connectivity index (χ3n) is 5.89. The van der Waals surface area contributed by atoms with Gasteiger partial charge in [0.25, 0.3) is 15.6 Å². The van der Waals surface area contributed by atoms with Gasteiger partial charge in [0.15, 0.2) is 0 Å². The van der Waals surface area contributed by atoms with Gasteiger partial charge in [0.05, 0.1) is 22.0 Å². The van der Waals surface area contributed by atoms with Gasteiger partial charge in [0.1, 0.15) is 11.6 Å². The molecule has 3 aromatic carbocycles. The largest absolute Gasteiger partial charge is 0.284 e. The number of aromatic nitrogens is 1. The number of sulfonamides is 1. The van der Waals surface area contributed by atoms with Crippen LogP contribution in [-0.2, 0) is 10.0 Å². The van der Waals surface area contributed by atoms with E-state index in [1.165, 1.54) is 21.0 Å². The van der Waals surface area contributed by atoms with Crippen LogP contribution < -0.4 is 9.86 Å². The van der Waals surface area contributed by atoms with Gasteiger partial charge in [-0.3, -0.25) is 9.36 Å². The van der Waals surface area contributed by atoms with E-state index < -0.39 is 27.9 Å². The number of fused-ring (bicyclic) bond motifs is 1. The van der Waals surface area contributed by atoms with E-state index in [0.717, 1.165) is 18.2 Å². The van der Waals surface area contributed by atoms with Gasteiger partial charge in [-0.25, -0.2) is 17.1 Å². The van der Waals surface area contributed by atoms with E-state index in [1.807, 2.05) is 0 Å². The van der Waals surface area contributed by atoms with Crippen LogP contribution in [0.5, 0.6) is 0 Å². The van der Waals surface area contributed by atoms with Crippen molar-refractivity contribution in [2.75, 3.05) is 4.31 Å². The third kappa shape index (κ3) is 4.12. The van der Waals surface area contributed by atoms with E-state index in [-0.39, 0.29) is 21.3 Å². The van der Waals surface area contributed by atoms with E-state index in [0.29, 0.717) is 21.2 Å². The average molecular weight is 550 g/mol. The molecule has 5 nitrogen and oxygen atoms in total. The number of anilines is 1. The molecule has 2 atom stereocenters. The average Bonchev–Trinajstić information content (AvgIpc) is 3.19. The molecule has 0 amide bonds. The van der Waals surface area contributed by atoms with Crippen molar-refractivity contribution in [3.63, 3.8) is 0 Å². The monoisotopic (exact) mass is 548 g/mol. The number of nitrogens with zero attached hydrogens (tertiary/aromatic N) is 2. The maximum absolute atomic E-state index is 14.0. The van der Waals surface area contributed by atoms with Crippen LogP contribution in [0.25, 0.3) is 0 Å². The second-order valence-corrected chi connectivity index (χ2v) is 11.1. The van der Waals surface area contributed by atoms with Crippen molar-refractivity contribution < 1.29 is 12.8 Å². The summed E-state index contributed by atoms with van der Waals surface area (Å²) in [6.45, 7) is 0. The number of hydrogen-bond acceptors (Lipinski definition) is 3. The maximum Gasteiger partial charge on any atom is 0.266 e. The lowest BCUT2D eigenvalue weighted by Crippen LogP contribution is -2.33. The van der Waals surface area contributed by atoms with E-state index in [1.54, 1.807) is 54.6 Å². The molecule has 10 heteroatoms. The number of rotatable bonds is 4. The minimum atomic E-state index is -4.30. The fraction of sp³-hybridized carbons (Fsp3) is 0.0800. The van der Waals surface area contributed by atoms with Gasteiger partial charge in [-0.2, -0.15) is 0 Å². The molecule has 178 valence electrons. The number of benzene rings is 3. The Morgan fingerprint density at radius 3 is 1.89 bits per heavy atom. The summed E-state index contributed by atoms with van der Waals surface area (Å²) < 4.78 is 44.5. The first-order valence-electron chi connectivity index (χ1n) is 10.4. The molecule has 2 heterocycles. The van der Waals surface area contributed by atoms with Crippen molar-refractivity contribution in [3.05, 3.63) is 127 Å². The van der Waals surface area contributed by atoms with E-state index in [9.17, 15) is 17.6 Å². The minimum absolute atomic E-state index is 0.165. The molecule has 0 fully saturated rings. The van der Waals surface area contributed by atoms with Crippen molar-refractivity contribution in [2.45, 2.75) is 17.0 Å². The summed E-state index contributed by atoms with van der Waals surface area (Å²) in [5.74, 6) is -0.574. The van der Waals surface area contributed by atoms with Gasteiger partial charge >= 0.3 is 0 Å². The zero-order valence-corrected chi connectivity index (χ0v) is 20.9. The van der Waals surface area contributed by atoms with Crippen LogP contribution in [0.2, 0.25) is 15.1 Å². The van der Waals surface area contributed by atoms with Crippen LogP contribution in [0, 0.1) is 5.82 Å². The maximum atomic E-state index is 14.0. The summed E-state index contributed by atoms with van der Waals surface area (Å²) in [6, 6.07) is 19.7. The molecule has 0 aliphatic carbocycles. The molecular weight excluding hydrogens is 534 g/mol. The standard InChI is InChI=1S/C25H16Cl3FN2O3S/c26-17-8-4-15(5-9-17)24-25(16-6-10-18(27)11-7-16)31(22-2-1-3-23(32)30(22)24)35(33,34)19-12-13-21(29)20(28)14-19/h1-14,24-25H/t24-,25+/m1/s1. The summed E-state index contributed by atoms with van der Waals surface area (Å²) in [5.41, 5.74) is 0.907. The molecule has 5 rings (SSSR count). The predicted octanol–water partition coefficient (Wildman–Crippen LogP) is 6.49. The highest BCUT2D eigenvalue weighted by molar-refractivity contribution is 7.92. The molecule has 0 bridgehead atoms.